The van der Waals surface area contributed by atoms with E-state index in [1.54, 1.807) is 0 Å². The Hall–Kier alpha value is -2.67. The maximum atomic E-state index is 14.4. The van der Waals surface area contributed by atoms with E-state index in [2.05, 4.69) is 5.10 Å². The number of halogens is 7. The van der Waals surface area contributed by atoms with E-state index in [0.717, 1.165) is 35.3 Å². The molecule has 0 aromatic heterocycles. The molecule has 5 nitrogen and oxygen atoms in total. The quantitative estimate of drug-likeness (QED) is 0.699. The Morgan fingerprint density at radius 3 is 2.03 bits per heavy atom. The van der Waals surface area contributed by atoms with Crippen molar-refractivity contribution in [2.75, 3.05) is 5.01 Å². The molecule has 13 heteroatoms. The molecule has 1 aliphatic heterocycles. The van der Waals surface area contributed by atoms with Gasteiger partial charge in [0.25, 0.3) is 0 Å². The van der Waals surface area contributed by atoms with Gasteiger partial charge in [0.15, 0.2) is 0 Å². The first-order valence-electron chi connectivity index (χ1n) is 8.11. The molecule has 2 aromatic carbocycles. The molecule has 0 spiro atoms. The van der Waals surface area contributed by atoms with Crippen LogP contribution in [0.2, 0.25) is 0 Å². The van der Waals surface area contributed by atoms with Crippen molar-refractivity contribution in [1.82, 2.24) is 0 Å². The van der Waals surface area contributed by atoms with Crippen LogP contribution in [0.15, 0.2) is 52.5 Å². The Balaban J connectivity index is 2.05. The molecule has 0 bridgehead atoms. The van der Waals surface area contributed by atoms with Gasteiger partial charge in [0.2, 0.25) is 10.0 Å². The molecule has 0 saturated carbocycles. The van der Waals surface area contributed by atoms with Crippen molar-refractivity contribution >= 4 is 21.4 Å². The molecule has 0 saturated heterocycles. The zero-order valence-electron chi connectivity index (χ0n) is 14.7. The summed E-state index contributed by atoms with van der Waals surface area (Å²) in [6, 6.07) is 4.37. The van der Waals surface area contributed by atoms with Crippen LogP contribution < -0.4 is 10.1 Å². The Morgan fingerprint density at radius 2 is 1.57 bits per heavy atom. The SMILES string of the molecule is NS(=O)(=O)c1ccc(N2N=C(C(F)(F)F)CC2c2ccc(C(F)(F)F)cc2F)cc1. The third kappa shape index (κ3) is 4.41. The number of hydrogen-bond acceptors (Lipinski definition) is 4. The van der Waals surface area contributed by atoms with Crippen LogP contribution in [0, 0.1) is 5.82 Å². The van der Waals surface area contributed by atoms with Gasteiger partial charge in [0, 0.05) is 12.0 Å². The molecule has 0 amide bonds. The fourth-order valence-corrected chi connectivity index (χ4v) is 3.44. The van der Waals surface area contributed by atoms with E-state index in [1.807, 2.05) is 0 Å². The normalized spacial score (nSPS) is 17.9. The van der Waals surface area contributed by atoms with E-state index in [1.165, 1.54) is 0 Å². The lowest BCUT2D eigenvalue weighted by molar-refractivity contribution is -0.137. The second-order valence-corrected chi connectivity index (χ2v) is 7.94. The number of hydrogen-bond donors (Lipinski definition) is 1. The van der Waals surface area contributed by atoms with Gasteiger partial charge >= 0.3 is 12.4 Å². The molecule has 1 aliphatic rings. The lowest BCUT2D eigenvalue weighted by Gasteiger charge is -2.25. The second kappa shape index (κ2) is 7.23. The van der Waals surface area contributed by atoms with Crippen LogP contribution >= 0.6 is 0 Å². The highest BCUT2D eigenvalue weighted by atomic mass is 32.2. The third-order valence-electron chi connectivity index (χ3n) is 4.35. The van der Waals surface area contributed by atoms with Gasteiger partial charge in [-0.05, 0) is 36.4 Å². The molecule has 1 heterocycles. The molecule has 162 valence electrons. The summed E-state index contributed by atoms with van der Waals surface area (Å²) in [5.74, 6) is -1.35. The predicted octanol–water partition coefficient (Wildman–Crippen LogP) is 4.36. The van der Waals surface area contributed by atoms with Gasteiger partial charge in [-0.1, -0.05) is 6.07 Å². The highest BCUT2D eigenvalue weighted by Gasteiger charge is 2.44. The second-order valence-electron chi connectivity index (χ2n) is 6.38. The summed E-state index contributed by atoms with van der Waals surface area (Å²) in [6.07, 6.45) is -10.5. The lowest BCUT2D eigenvalue weighted by Crippen LogP contribution is -2.22. The number of alkyl halides is 6. The fraction of sp³-hybridized carbons (Fsp3) is 0.235. The summed E-state index contributed by atoms with van der Waals surface area (Å²) in [5, 5.41) is 9.19. The number of benzene rings is 2. The van der Waals surface area contributed by atoms with E-state index in [4.69, 9.17) is 5.14 Å². The molecule has 3 rings (SSSR count). The fourth-order valence-electron chi connectivity index (χ4n) is 2.92. The van der Waals surface area contributed by atoms with Gasteiger partial charge in [-0.15, -0.1) is 0 Å². The molecular weight excluding hydrogens is 443 g/mol. The van der Waals surface area contributed by atoms with Gasteiger partial charge in [-0.3, -0.25) is 5.01 Å². The highest BCUT2D eigenvalue weighted by Crippen LogP contribution is 2.41. The van der Waals surface area contributed by atoms with Crippen LogP contribution in [0.3, 0.4) is 0 Å². The minimum Gasteiger partial charge on any atom is -0.257 e. The topological polar surface area (TPSA) is 75.8 Å². The van der Waals surface area contributed by atoms with E-state index in [-0.39, 0.29) is 16.6 Å². The molecule has 1 unspecified atom stereocenters. The molecule has 30 heavy (non-hydrogen) atoms. The van der Waals surface area contributed by atoms with Crippen molar-refractivity contribution in [3.8, 4) is 0 Å². The van der Waals surface area contributed by atoms with Crippen LogP contribution in [-0.2, 0) is 16.2 Å². The van der Waals surface area contributed by atoms with Crippen molar-refractivity contribution in [1.29, 1.82) is 0 Å². The van der Waals surface area contributed by atoms with Crippen molar-refractivity contribution in [2.45, 2.75) is 29.7 Å². The van der Waals surface area contributed by atoms with E-state index in [0.29, 0.717) is 6.07 Å². The number of nitrogens with zero attached hydrogens (tertiary/aromatic N) is 2. The van der Waals surface area contributed by atoms with Crippen LogP contribution in [-0.4, -0.2) is 20.3 Å². The van der Waals surface area contributed by atoms with Crippen LogP contribution in [0.5, 0.6) is 0 Å². The van der Waals surface area contributed by atoms with Gasteiger partial charge in [-0.25, -0.2) is 17.9 Å². The third-order valence-corrected chi connectivity index (χ3v) is 5.28. The van der Waals surface area contributed by atoms with E-state index in [9.17, 15) is 39.2 Å². The molecule has 2 aromatic rings. The summed E-state index contributed by atoms with van der Waals surface area (Å²) >= 11 is 0. The zero-order valence-corrected chi connectivity index (χ0v) is 15.5. The van der Waals surface area contributed by atoms with Crippen molar-refractivity contribution in [3.63, 3.8) is 0 Å². The minimum atomic E-state index is -4.85. The number of anilines is 1. The molecule has 1 atom stereocenters. The number of primary sulfonamides is 1. The number of nitrogens with two attached hydrogens (primary N) is 1. The number of hydrazone groups is 1. The molecule has 0 fully saturated rings. The first-order chi connectivity index (χ1) is 13.7. The zero-order chi connectivity index (χ0) is 22.5. The summed E-state index contributed by atoms with van der Waals surface area (Å²) in [6.45, 7) is 0. The van der Waals surface area contributed by atoms with Crippen LogP contribution in [0.25, 0.3) is 0 Å². The Labute approximate surface area is 165 Å². The molecule has 0 radical (unpaired) electrons. The summed E-state index contributed by atoms with van der Waals surface area (Å²) < 4.78 is 115. The smallest absolute Gasteiger partial charge is 0.257 e. The number of sulfonamides is 1. The Morgan fingerprint density at radius 1 is 0.967 bits per heavy atom. The van der Waals surface area contributed by atoms with Crippen molar-refractivity contribution < 1.29 is 39.2 Å². The first-order valence-corrected chi connectivity index (χ1v) is 9.66. The highest BCUT2D eigenvalue weighted by molar-refractivity contribution is 7.89. The Bertz CT molecular complexity index is 1090. The standard InChI is InChI=1S/C17H12F7N3O2S/c18-13-7-9(16(19,20)21)1-6-12(13)14-8-15(17(22,23)24)26-27(14)10-2-4-11(5-3-10)30(25,28)29/h1-7,14H,8H2,(H2,25,28,29). The minimum absolute atomic E-state index is 0.0362. The Kier molecular flexibility index (Phi) is 5.31. The van der Waals surface area contributed by atoms with E-state index >= 15 is 0 Å². The maximum Gasteiger partial charge on any atom is 0.431 e. The molecular formula is C17H12F7N3O2S. The average molecular weight is 455 g/mol. The maximum absolute atomic E-state index is 14.4. The van der Waals surface area contributed by atoms with E-state index < -0.39 is 57.5 Å². The summed E-state index contributed by atoms with van der Waals surface area (Å²) in [4.78, 5) is -0.317. The van der Waals surface area contributed by atoms with Gasteiger partial charge < -0.3 is 0 Å². The molecule has 0 aliphatic carbocycles. The van der Waals surface area contributed by atoms with Crippen molar-refractivity contribution in [3.05, 3.63) is 59.4 Å². The van der Waals surface area contributed by atoms with Gasteiger partial charge in [0.05, 0.1) is 22.2 Å². The van der Waals surface area contributed by atoms with Crippen LogP contribution in [0.4, 0.5) is 36.4 Å². The first kappa shape index (κ1) is 22.0. The van der Waals surface area contributed by atoms with Crippen LogP contribution in [0.1, 0.15) is 23.6 Å². The predicted molar refractivity (Wildman–Crippen MR) is 92.5 cm³/mol. The average Bonchev–Trinajstić information content (AvgIpc) is 3.05. The summed E-state index contributed by atoms with van der Waals surface area (Å²) in [7, 11) is -4.07. The number of rotatable bonds is 3. The van der Waals surface area contributed by atoms with Gasteiger partial charge in [-0.2, -0.15) is 31.4 Å². The van der Waals surface area contributed by atoms with Gasteiger partial charge in [0.1, 0.15) is 11.5 Å². The summed E-state index contributed by atoms with van der Waals surface area (Å²) in [5.41, 5.74) is -3.02. The van der Waals surface area contributed by atoms with Crippen molar-refractivity contribution in [2.24, 2.45) is 10.2 Å². The monoisotopic (exact) mass is 455 g/mol. The lowest BCUT2D eigenvalue weighted by atomic mass is 9.99. The molecule has 2 N–H and O–H groups in total. The largest absolute Gasteiger partial charge is 0.431 e.